The maximum absolute atomic E-state index is 11.3. The van der Waals surface area contributed by atoms with Gasteiger partial charge in [0, 0.05) is 32.9 Å². The van der Waals surface area contributed by atoms with Gasteiger partial charge in [0.1, 0.15) is 0 Å². The number of sulfone groups is 1. The van der Waals surface area contributed by atoms with E-state index in [1.807, 2.05) is 11.9 Å². The van der Waals surface area contributed by atoms with Crippen molar-refractivity contribution in [3.8, 4) is 0 Å². The Kier molecular flexibility index (Phi) is 12.2. The Labute approximate surface area is 128 Å². The highest BCUT2D eigenvalue weighted by molar-refractivity contribution is 14.0. The van der Waals surface area contributed by atoms with Gasteiger partial charge in [-0.3, -0.25) is 4.99 Å². The number of nitrogens with one attached hydrogen (secondary N) is 1. The van der Waals surface area contributed by atoms with E-state index in [1.165, 1.54) is 0 Å². The lowest BCUT2D eigenvalue weighted by atomic mass is 10.3. The van der Waals surface area contributed by atoms with Crippen molar-refractivity contribution in [3.63, 3.8) is 0 Å². The summed E-state index contributed by atoms with van der Waals surface area (Å²) in [5.74, 6) is 1.10. The zero-order valence-electron chi connectivity index (χ0n) is 11.8. The van der Waals surface area contributed by atoms with Crippen LogP contribution in [0.15, 0.2) is 4.99 Å². The van der Waals surface area contributed by atoms with E-state index >= 15 is 0 Å². The zero-order chi connectivity index (χ0) is 13.3. The van der Waals surface area contributed by atoms with Crippen molar-refractivity contribution in [3.05, 3.63) is 0 Å². The van der Waals surface area contributed by atoms with Gasteiger partial charge in [-0.2, -0.15) is 0 Å². The molecule has 0 saturated carbocycles. The van der Waals surface area contributed by atoms with Crippen LogP contribution < -0.4 is 5.32 Å². The lowest BCUT2D eigenvalue weighted by molar-refractivity contribution is 0.466. The van der Waals surface area contributed by atoms with E-state index in [1.54, 1.807) is 14.0 Å². The molecule has 0 fully saturated rings. The molecule has 0 rings (SSSR count). The van der Waals surface area contributed by atoms with Crippen LogP contribution in [0.2, 0.25) is 0 Å². The summed E-state index contributed by atoms with van der Waals surface area (Å²) in [7, 11) is 0.763. The van der Waals surface area contributed by atoms with Gasteiger partial charge in [-0.25, -0.2) is 8.42 Å². The standard InChI is InChI=1S/C11H25N3O2S.HI/c1-5-7-9-14(4)11(12-3)13-8-10-17(15,16)6-2;/h5-10H2,1-4H3,(H,12,13);1H. The summed E-state index contributed by atoms with van der Waals surface area (Å²) in [5, 5.41) is 3.07. The van der Waals surface area contributed by atoms with Gasteiger partial charge >= 0.3 is 0 Å². The molecule has 18 heavy (non-hydrogen) atoms. The molecule has 0 spiro atoms. The molecule has 7 heteroatoms. The van der Waals surface area contributed by atoms with Crippen molar-refractivity contribution in [2.24, 2.45) is 4.99 Å². The molecule has 0 atom stereocenters. The third kappa shape index (κ3) is 8.96. The minimum Gasteiger partial charge on any atom is -0.355 e. The predicted octanol–water partition coefficient (Wildman–Crippen LogP) is 1.35. The van der Waals surface area contributed by atoms with Crippen LogP contribution in [0, 0.1) is 0 Å². The fraction of sp³-hybridized carbons (Fsp3) is 0.909. The van der Waals surface area contributed by atoms with E-state index in [4.69, 9.17) is 0 Å². The summed E-state index contributed by atoms with van der Waals surface area (Å²) in [5.41, 5.74) is 0. The topological polar surface area (TPSA) is 61.8 Å². The normalized spacial score (nSPS) is 11.9. The summed E-state index contributed by atoms with van der Waals surface area (Å²) < 4.78 is 22.6. The van der Waals surface area contributed by atoms with E-state index < -0.39 is 9.84 Å². The molecule has 0 saturated heterocycles. The van der Waals surface area contributed by atoms with Crippen LogP contribution in [-0.2, 0) is 9.84 Å². The Morgan fingerprint density at radius 2 is 1.94 bits per heavy atom. The molecule has 0 aliphatic carbocycles. The zero-order valence-corrected chi connectivity index (χ0v) is 14.9. The van der Waals surface area contributed by atoms with Crippen molar-refractivity contribution in [2.75, 3.05) is 38.7 Å². The molecule has 1 N–H and O–H groups in total. The van der Waals surface area contributed by atoms with Crippen LogP contribution >= 0.6 is 24.0 Å². The van der Waals surface area contributed by atoms with Crippen LogP contribution in [0.4, 0.5) is 0 Å². The first-order chi connectivity index (χ1) is 7.96. The molecule has 5 nitrogen and oxygen atoms in total. The second-order valence-corrected chi connectivity index (χ2v) is 6.46. The molecule has 0 unspecified atom stereocenters. The number of hydrogen-bond donors (Lipinski definition) is 1. The minimum atomic E-state index is -2.90. The van der Waals surface area contributed by atoms with Crippen molar-refractivity contribution in [1.29, 1.82) is 0 Å². The van der Waals surface area contributed by atoms with Crippen LogP contribution in [0.3, 0.4) is 0 Å². The maximum atomic E-state index is 11.3. The average Bonchev–Trinajstić information content (AvgIpc) is 2.31. The second-order valence-electron chi connectivity index (χ2n) is 3.99. The molecule has 0 aliphatic heterocycles. The molecule has 0 amide bonds. The van der Waals surface area contributed by atoms with Crippen LogP contribution in [0.25, 0.3) is 0 Å². The summed E-state index contributed by atoms with van der Waals surface area (Å²) in [4.78, 5) is 6.14. The summed E-state index contributed by atoms with van der Waals surface area (Å²) in [6, 6.07) is 0. The number of unbranched alkanes of at least 4 members (excludes halogenated alkanes) is 1. The van der Waals surface area contributed by atoms with Gasteiger partial charge in [0.05, 0.1) is 5.75 Å². The average molecular weight is 391 g/mol. The van der Waals surface area contributed by atoms with Crippen LogP contribution in [0.5, 0.6) is 0 Å². The first kappa shape index (κ1) is 20.3. The summed E-state index contributed by atoms with van der Waals surface area (Å²) in [6.45, 7) is 5.14. The van der Waals surface area contributed by atoms with Crippen molar-refractivity contribution < 1.29 is 8.42 Å². The van der Waals surface area contributed by atoms with Gasteiger partial charge in [0.15, 0.2) is 15.8 Å². The fourth-order valence-electron chi connectivity index (χ4n) is 1.35. The number of aliphatic imine (C=N–C) groups is 1. The Balaban J connectivity index is 0. The highest BCUT2D eigenvalue weighted by Gasteiger charge is 2.09. The van der Waals surface area contributed by atoms with E-state index in [9.17, 15) is 8.42 Å². The summed E-state index contributed by atoms with van der Waals surface area (Å²) in [6.07, 6.45) is 2.23. The maximum Gasteiger partial charge on any atom is 0.193 e. The highest BCUT2D eigenvalue weighted by Crippen LogP contribution is 1.93. The predicted molar refractivity (Wildman–Crippen MR) is 88.6 cm³/mol. The van der Waals surface area contributed by atoms with E-state index in [0.717, 1.165) is 25.3 Å². The first-order valence-electron chi connectivity index (χ1n) is 6.09. The third-order valence-electron chi connectivity index (χ3n) is 2.56. The van der Waals surface area contributed by atoms with E-state index in [2.05, 4.69) is 17.2 Å². The molecule has 0 aromatic carbocycles. The summed E-state index contributed by atoms with van der Waals surface area (Å²) >= 11 is 0. The molecule has 0 aromatic rings. The molecule has 0 bridgehead atoms. The number of rotatable bonds is 7. The van der Waals surface area contributed by atoms with Gasteiger partial charge in [0.2, 0.25) is 0 Å². The molecule has 0 aromatic heterocycles. The highest BCUT2D eigenvalue weighted by atomic mass is 127. The molecule has 0 heterocycles. The molecular formula is C11H26IN3O2S. The molecule has 0 aliphatic rings. The Hall–Kier alpha value is -0.0500. The van der Waals surface area contributed by atoms with E-state index in [0.29, 0.717) is 6.54 Å². The van der Waals surface area contributed by atoms with Crippen molar-refractivity contribution in [2.45, 2.75) is 26.7 Å². The Morgan fingerprint density at radius 1 is 1.33 bits per heavy atom. The fourth-order valence-corrected chi connectivity index (χ4v) is 2.05. The second kappa shape index (κ2) is 10.8. The SMILES string of the molecule is CCCCN(C)C(=NC)NCCS(=O)(=O)CC.I. The van der Waals surface area contributed by atoms with Crippen molar-refractivity contribution in [1.82, 2.24) is 10.2 Å². The number of guanidine groups is 1. The molecular weight excluding hydrogens is 365 g/mol. The van der Waals surface area contributed by atoms with Crippen molar-refractivity contribution >= 4 is 39.8 Å². The van der Waals surface area contributed by atoms with Gasteiger partial charge in [0.25, 0.3) is 0 Å². The lowest BCUT2D eigenvalue weighted by Crippen LogP contribution is -2.41. The first-order valence-corrected chi connectivity index (χ1v) is 7.91. The van der Waals surface area contributed by atoms with Gasteiger partial charge < -0.3 is 10.2 Å². The Bertz CT molecular complexity index is 331. The Morgan fingerprint density at radius 3 is 2.39 bits per heavy atom. The van der Waals surface area contributed by atoms with Crippen LogP contribution in [0.1, 0.15) is 26.7 Å². The molecule has 0 radical (unpaired) electrons. The quantitative estimate of drug-likeness (QED) is 0.404. The van der Waals surface area contributed by atoms with Gasteiger partial charge in [-0.05, 0) is 6.42 Å². The van der Waals surface area contributed by atoms with Crippen LogP contribution in [-0.4, -0.2) is 58.0 Å². The van der Waals surface area contributed by atoms with Gasteiger partial charge in [-0.1, -0.05) is 20.3 Å². The smallest absolute Gasteiger partial charge is 0.193 e. The lowest BCUT2D eigenvalue weighted by Gasteiger charge is -2.21. The number of nitrogens with zero attached hydrogens (tertiary/aromatic N) is 2. The minimum absolute atomic E-state index is 0. The largest absolute Gasteiger partial charge is 0.355 e. The number of halogens is 1. The number of hydrogen-bond acceptors (Lipinski definition) is 3. The third-order valence-corrected chi connectivity index (χ3v) is 4.26. The molecule has 110 valence electrons. The van der Waals surface area contributed by atoms with E-state index in [-0.39, 0.29) is 35.5 Å². The van der Waals surface area contributed by atoms with Gasteiger partial charge in [-0.15, -0.1) is 24.0 Å². The monoisotopic (exact) mass is 391 g/mol.